The van der Waals surface area contributed by atoms with E-state index in [1.807, 2.05) is 18.4 Å². The van der Waals surface area contributed by atoms with Crippen molar-refractivity contribution in [3.05, 3.63) is 51.7 Å². The molecule has 0 saturated heterocycles. The standard InChI is InChI=1S/C13H14N2O2S/c1-8-11(14-13(17)15(8)2)12(16)9-4-6-10(18-3)7-5-9/h4-7H,1-3H3,(H,14,17). The summed E-state index contributed by atoms with van der Waals surface area (Å²) in [5.41, 5.74) is 1.33. The lowest BCUT2D eigenvalue weighted by atomic mass is 10.1. The number of nitrogens with zero attached hydrogens (tertiary/aromatic N) is 1. The molecule has 94 valence electrons. The first-order valence-electron chi connectivity index (χ1n) is 5.49. The zero-order valence-corrected chi connectivity index (χ0v) is 11.3. The second-order valence-electron chi connectivity index (χ2n) is 4.01. The van der Waals surface area contributed by atoms with E-state index in [1.165, 1.54) is 4.57 Å². The number of aromatic amines is 1. The summed E-state index contributed by atoms with van der Waals surface area (Å²) in [5.74, 6) is -0.155. The molecule has 0 aliphatic heterocycles. The maximum atomic E-state index is 12.2. The van der Waals surface area contributed by atoms with Gasteiger partial charge in [0.15, 0.2) is 0 Å². The van der Waals surface area contributed by atoms with E-state index in [4.69, 9.17) is 0 Å². The number of benzene rings is 1. The summed E-state index contributed by atoms with van der Waals surface area (Å²) >= 11 is 1.62. The van der Waals surface area contributed by atoms with Crippen molar-refractivity contribution in [1.82, 2.24) is 9.55 Å². The Morgan fingerprint density at radius 1 is 1.28 bits per heavy atom. The van der Waals surface area contributed by atoms with E-state index in [0.29, 0.717) is 17.0 Å². The van der Waals surface area contributed by atoms with Crippen molar-refractivity contribution >= 4 is 17.5 Å². The van der Waals surface area contributed by atoms with Gasteiger partial charge in [-0.15, -0.1) is 11.8 Å². The topological polar surface area (TPSA) is 54.9 Å². The number of H-pyrrole nitrogens is 1. The molecule has 4 nitrogen and oxygen atoms in total. The van der Waals surface area contributed by atoms with Crippen LogP contribution in [0.15, 0.2) is 34.0 Å². The highest BCUT2D eigenvalue weighted by atomic mass is 32.2. The van der Waals surface area contributed by atoms with Crippen LogP contribution in [0.1, 0.15) is 21.7 Å². The van der Waals surface area contributed by atoms with Crippen molar-refractivity contribution in [2.75, 3.05) is 6.26 Å². The Kier molecular flexibility index (Phi) is 3.43. The van der Waals surface area contributed by atoms with Gasteiger partial charge in [-0.05, 0) is 37.4 Å². The molecule has 0 aliphatic carbocycles. The molecule has 0 unspecified atom stereocenters. The smallest absolute Gasteiger partial charge is 0.303 e. The van der Waals surface area contributed by atoms with E-state index in [0.717, 1.165) is 4.90 Å². The molecule has 5 heteroatoms. The Morgan fingerprint density at radius 3 is 2.33 bits per heavy atom. The number of carbonyl (C=O) groups is 1. The molecule has 0 bridgehead atoms. The van der Waals surface area contributed by atoms with Crippen molar-refractivity contribution in [2.24, 2.45) is 7.05 Å². The van der Waals surface area contributed by atoms with Crippen LogP contribution < -0.4 is 5.69 Å². The van der Waals surface area contributed by atoms with Crippen LogP contribution in [0, 0.1) is 6.92 Å². The minimum Gasteiger partial charge on any atom is -0.303 e. The molecule has 0 amide bonds. The van der Waals surface area contributed by atoms with Crippen LogP contribution >= 0.6 is 11.8 Å². The molecule has 1 aromatic carbocycles. The molecule has 1 N–H and O–H groups in total. The maximum Gasteiger partial charge on any atom is 0.326 e. The lowest BCUT2D eigenvalue weighted by molar-refractivity contribution is 0.103. The highest BCUT2D eigenvalue weighted by Crippen LogP contribution is 2.17. The molecule has 0 fully saturated rings. The molecule has 1 aromatic heterocycles. The van der Waals surface area contributed by atoms with E-state index in [-0.39, 0.29) is 11.5 Å². The van der Waals surface area contributed by atoms with Gasteiger partial charge in [-0.1, -0.05) is 0 Å². The van der Waals surface area contributed by atoms with Gasteiger partial charge in [-0.3, -0.25) is 9.36 Å². The highest BCUT2D eigenvalue weighted by Gasteiger charge is 2.16. The third-order valence-corrected chi connectivity index (χ3v) is 3.72. The van der Waals surface area contributed by atoms with Crippen LogP contribution in [0.2, 0.25) is 0 Å². The average molecular weight is 262 g/mol. The second kappa shape index (κ2) is 4.86. The van der Waals surface area contributed by atoms with Crippen LogP contribution in [0.5, 0.6) is 0 Å². The highest BCUT2D eigenvalue weighted by molar-refractivity contribution is 7.98. The molecule has 0 aliphatic rings. The van der Waals surface area contributed by atoms with E-state index in [1.54, 1.807) is 37.9 Å². The van der Waals surface area contributed by atoms with E-state index < -0.39 is 0 Å². The molecule has 1 heterocycles. The minimum atomic E-state index is -0.267. The number of thioether (sulfide) groups is 1. The Hall–Kier alpha value is -1.75. The Balaban J connectivity index is 2.41. The monoisotopic (exact) mass is 262 g/mol. The molecule has 2 aromatic rings. The van der Waals surface area contributed by atoms with Gasteiger partial charge in [0.05, 0.1) is 0 Å². The Bertz CT molecular complexity index is 638. The summed E-state index contributed by atoms with van der Waals surface area (Å²) in [6, 6.07) is 7.35. The van der Waals surface area contributed by atoms with Crippen molar-refractivity contribution in [3.8, 4) is 0 Å². The van der Waals surface area contributed by atoms with E-state index in [2.05, 4.69) is 4.98 Å². The largest absolute Gasteiger partial charge is 0.326 e. The lowest BCUT2D eigenvalue weighted by Crippen LogP contribution is -2.13. The SMILES string of the molecule is CSc1ccc(C(=O)c2[nH]c(=O)n(C)c2C)cc1. The van der Waals surface area contributed by atoms with Gasteiger partial charge >= 0.3 is 5.69 Å². The summed E-state index contributed by atoms with van der Waals surface area (Å²) in [5, 5.41) is 0. The summed E-state index contributed by atoms with van der Waals surface area (Å²) < 4.78 is 1.43. The van der Waals surface area contributed by atoms with Gasteiger partial charge in [-0.2, -0.15) is 0 Å². The van der Waals surface area contributed by atoms with Gasteiger partial charge in [0.25, 0.3) is 0 Å². The number of hydrogen-bond donors (Lipinski definition) is 1. The minimum absolute atomic E-state index is 0.155. The predicted octanol–water partition coefficient (Wildman–Crippen LogP) is 1.97. The number of ketones is 1. The van der Waals surface area contributed by atoms with Crippen LogP contribution in [0.25, 0.3) is 0 Å². The van der Waals surface area contributed by atoms with Gasteiger partial charge in [-0.25, -0.2) is 4.79 Å². The van der Waals surface area contributed by atoms with Gasteiger partial charge in [0, 0.05) is 23.2 Å². The summed E-state index contributed by atoms with van der Waals surface area (Å²) in [7, 11) is 1.64. The Labute approximate surface area is 109 Å². The zero-order valence-electron chi connectivity index (χ0n) is 10.5. The van der Waals surface area contributed by atoms with Gasteiger partial charge < -0.3 is 4.98 Å². The number of nitrogens with one attached hydrogen (secondary N) is 1. The molecule has 0 spiro atoms. The van der Waals surface area contributed by atoms with Crippen LogP contribution in [0.3, 0.4) is 0 Å². The molecule has 0 atom stereocenters. The molecule has 2 rings (SSSR count). The van der Waals surface area contributed by atoms with Crippen LogP contribution in [0.4, 0.5) is 0 Å². The normalized spacial score (nSPS) is 10.6. The van der Waals surface area contributed by atoms with E-state index in [9.17, 15) is 9.59 Å². The fraction of sp³-hybridized carbons (Fsp3) is 0.231. The first kappa shape index (κ1) is 12.7. The summed E-state index contributed by atoms with van der Waals surface area (Å²) in [6.07, 6.45) is 1.98. The summed E-state index contributed by atoms with van der Waals surface area (Å²) in [6.45, 7) is 1.75. The van der Waals surface area contributed by atoms with Gasteiger partial charge in [0.2, 0.25) is 5.78 Å². The van der Waals surface area contributed by atoms with Crippen molar-refractivity contribution in [2.45, 2.75) is 11.8 Å². The van der Waals surface area contributed by atoms with Crippen molar-refractivity contribution < 1.29 is 4.79 Å². The molecular weight excluding hydrogens is 248 g/mol. The maximum absolute atomic E-state index is 12.2. The quantitative estimate of drug-likeness (QED) is 0.679. The van der Waals surface area contributed by atoms with E-state index >= 15 is 0 Å². The van der Waals surface area contributed by atoms with Crippen LogP contribution in [-0.4, -0.2) is 21.6 Å². The Morgan fingerprint density at radius 2 is 1.89 bits per heavy atom. The lowest BCUT2D eigenvalue weighted by Gasteiger charge is -2.02. The number of imidazole rings is 1. The summed E-state index contributed by atoms with van der Waals surface area (Å²) in [4.78, 5) is 27.4. The van der Waals surface area contributed by atoms with Crippen molar-refractivity contribution in [1.29, 1.82) is 0 Å². The molecular formula is C13H14N2O2S. The average Bonchev–Trinajstić information content (AvgIpc) is 2.66. The number of hydrogen-bond acceptors (Lipinski definition) is 3. The number of rotatable bonds is 3. The first-order chi connectivity index (χ1) is 8.54. The third kappa shape index (κ3) is 2.13. The second-order valence-corrected chi connectivity index (χ2v) is 4.89. The third-order valence-electron chi connectivity index (χ3n) is 2.98. The fourth-order valence-corrected chi connectivity index (χ4v) is 2.12. The first-order valence-corrected chi connectivity index (χ1v) is 6.71. The predicted molar refractivity (Wildman–Crippen MR) is 72.4 cm³/mol. The molecule has 18 heavy (non-hydrogen) atoms. The van der Waals surface area contributed by atoms with Crippen LogP contribution in [-0.2, 0) is 7.05 Å². The number of carbonyl (C=O) groups excluding carboxylic acids is 1. The fourth-order valence-electron chi connectivity index (χ4n) is 1.71. The molecule has 0 saturated carbocycles. The zero-order chi connectivity index (χ0) is 13.3. The number of aromatic nitrogens is 2. The van der Waals surface area contributed by atoms with Crippen molar-refractivity contribution in [3.63, 3.8) is 0 Å². The molecule has 0 radical (unpaired) electrons. The van der Waals surface area contributed by atoms with Gasteiger partial charge in [0.1, 0.15) is 5.69 Å².